The van der Waals surface area contributed by atoms with Crippen LogP contribution in [0, 0.1) is 12.3 Å². The van der Waals surface area contributed by atoms with Gasteiger partial charge in [-0.15, -0.1) is 0 Å². The van der Waals surface area contributed by atoms with E-state index in [4.69, 9.17) is 14.7 Å². The van der Waals surface area contributed by atoms with Crippen LogP contribution < -0.4 is 0 Å². The van der Waals surface area contributed by atoms with Gasteiger partial charge in [-0.25, -0.2) is 15.0 Å². The average Bonchev–Trinajstić information content (AvgIpc) is 3.46. The van der Waals surface area contributed by atoms with Crippen molar-refractivity contribution in [3.63, 3.8) is 0 Å². The van der Waals surface area contributed by atoms with E-state index in [1.807, 2.05) is 29.9 Å². The molecule has 3 aromatic heterocycles. The summed E-state index contributed by atoms with van der Waals surface area (Å²) in [6.07, 6.45) is 3.94. The third kappa shape index (κ3) is 3.26. The number of alkyl halides is 3. The topological polar surface area (TPSA) is 65.7 Å². The van der Waals surface area contributed by atoms with E-state index in [0.717, 1.165) is 35.2 Å². The minimum Gasteiger partial charge on any atom is -0.370 e. The molecule has 4 saturated carbocycles. The lowest BCUT2D eigenvalue weighted by Gasteiger charge is -2.70. The lowest BCUT2D eigenvalue weighted by Crippen LogP contribution is -2.70. The second-order valence-electron chi connectivity index (χ2n) is 11.4. The van der Waals surface area contributed by atoms with E-state index in [1.165, 1.54) is 12.8 Å². The summed E-state index contributed by atoms with van der Waals surface area (Å²) >= 11 is 0. The summed E-state index contributed by atoms with van der Waals surface area (Å²) in [6, 6.07) is 4.33. The third-order valence-corrected chi connectivity index (χ3v) is 8.64. The summed E-state index contributed by atoms with van der Waals surface area (Å²) in [5.41, 5.74) is 1.21. The van der Waals surface area contributed by atoms with E-state index >= 15 is 0 Å². The number of hydrogen-bond acceptors (Lipinski definition) is 5. The Morgan fingerprint density at radius 3 is 2.54 bits per heavy atom. The minimum atomic E-state index is -4.15. The molecule has 9 heteroatoms. The van der Waals surface area contributed by atoms with Crippen molar-refractivity contribution in [1.29, 1.82) is 0 Å². The molecule has 3 unspecified atom stereocenters. The molecule has 0 aromatic carbocycles. The van der Waals surface area contributed by atoms with Gasteiger partial charge < -0.3 is 4.74 Å². The smallest absolute Gasteiger partial charge is 0.370 e. The Bertz CT molecular complexity index is 1310. The molecule has 3 aromatic rings. The van der Waals surface area contributed by atoms with Crippen molar-refractivity contribution in [3.05, 3.63) is 47.3 Å². The fraction of sp³-hybridized carbons (Fsp3) is 0.615. The first kappa shape index (κ1) is 21.7. The molecular weight excluding hydrogens is 455 g/mol. The zero-order valence-electron chi connectivity index (χ0n) is 19.8. The van der Waals surface area contributed by atoms with Gasteiger partial charge in [0.2, 0.25) is 0 Å². The van der Waals surface area contributed by atoms with Crippen molar-refractivity contribution in [2.45, 2.75) is 94.6 Å². The van der Waals surface area contributed by atoms with Crippen LogP contribution in [-0.2, 0) is 10.2 Å². The van der Waals surface area contributed by atoms with Crippen LogP contribution in [0.1, 0.15) is 92.7 Å². The van der Waals surface area contributed by atoms with Crippen LogP contribution in [0.4, 0.5) is 13.2 Å². The predicted octanol–water partition coefficient (Wildman–Crippen LogP) is 5.87. The second kappa shape index (κ2) is 7.02. The summed E-state index contributed by atoms with van der Waals surface area (Å²) in [6.45, 7) is 3.97. The number of fused-ring (bicyclic) bond motifs is 1. The molecule has 4 aliphatic carbocycles. The zero-order chi connectivity index (χ0) is 24.2. The maximum absolute atomic E-state index is 13.6. The number of rotatable bonds is 4. The molecule has 1 saturated heterocycles. The Morgan fingerprint density at radius 2 is 1.83 bits per heavy atom. The molecule has 5 fully saturated rings. The van der Waals surface area contributed by atoms with Crippen LogP contribution in [0.2, 0.25) is 0 Å². The Balaban J connectivity index is 1.24. The van der Waals surface area contributed by atoms with Crippen molar-refractivity contribution in [3.8, 4) is 0 Å². The molecule has 184 valence electrons. The van der Waals surface area contributed by atoms with Crippen LogP contribution in [0.25, 0.3) is 11.0 Å². The first-order valence-electron chi connectivity index (χ1n) is 12.6. The zero-order valence-corrected chi connectivity index (χ0v) is 19.8. The van der Waals surface area contributed by atoms with Gasteiger partial charge >= 0.3 is 6.18 Å². The largest absolute Gasteiger partial charge is 0.394 e. The quantitative estimate of drug-likeness (QED) is 0.464. The molecule has 8 rings (SSSR count). The normalized spacial score (nSPS) is 34.5. The van der Waals surface area contributed by atoms with Crippen molar-refractivity contribution < 1.29 is 17.9 Å². The molecule has 6 nitrogen and oxygen atoms in total. The number of halogens is 3. The Labute approximate surface area is 201 Å². The molecular formula is C26H28F3N5O. The highest BCUT2D eigenvalue weighted by molar-refractivity contribution is 5.79. The predicted molar refractivity (Wildman–Crippen MR) is 122 cm³/mol. The van der Waals surface area contributed by atoms with Crippen LogP contribution in [-0.4, -0.2) is 37.0 Å². The van der Waals surface area contributed by atoms with Gasteiger partial charge in [0.15, 0.2) is 5.65 Å². The highest BCUT2D eigenvalue weighted by Gasteiger charge is 2.79. The molecule has 4 heterocycles. The Kier molecular flexibility index (Phi) is 4.35. The highest BCUT2D eigenvalue weighted by atomic mass is 19.4. The maximum atomic E-state index is 13.6. The fourth-order valence-corrected chi connectivity index (χ4v) is 6.68. The molecule has 0 spiro atoms. The molecule has 0 N–H and O–H groups in total. The van der Waals surface area contributed by atoms with Gasteiger partial charge in [0.25, 0.3) is 0 Å². The SMILES string of the molecule is Cc1ccc2c(C34CC(C(F)(F)F)(C3)C4)nc(C3CC(C)OC(c4cnn(C5CC5)c4)C3)nc2n1. The first-order valence-corrected chi connectivity index (χ1v) is 12.6. The summed E-state index contributed by atoms with van der Waals surface area (Å²) in [5.74, 6) is 0.730. The van der Waals surface area contributed by atoms with Gasteiger partial charge in [0, 0.05) is 34.2 Å². The average molecular weight is 484 g/mol. The van der Waals surface area contributed by atoms with Crippen LogP contribution in [0.15, 0.2) is 24.5 Å². The van der Waals surface area contributed by atoms with Crippen LogP contribution in [0.5, 0.6) is 0 Å². The molecule has 0 amide bonds. The van der Waals surface area contributed by atoms with Crippen molar-refractivity contribution >= 4 is 11.0 Å². The van der Waals surface area contributed by atoms with E-state index in [0.29, 0.717) is 17.5 Å². The molecule has 1 aliphatic heterocycles. The van der Waals surface area contributed by atoms with Crippen LogP contribution >= 0.6 is 0 Å². The Hall–Kier alpha value is -2.55. The van der Waals surface area contributed by atoms with Gasteiger partial charge in [0.05, 0.1) is 35.6 Å². The van der Waals surface area contributed by atoms with Gasteiger partial charge in [-0.3, -0.25) is 4.68 Å². The monoisotopic (exact) mass is 483 g/mol. The molecule has 5 aliphatic rings. The number of pyridine rings is 1. The van der Waals surface area contributed by atoms with E-state index in [-0.39, 0.29) is 37.4 Å². The van der Waals surface area contributed by atoms with E-state index < -0.39 is 17.0 Å². The standard InChI is InChI=1S/C26H28F3N5O/c1-14-3-6-19-21(24-11-25(12-24,13-24)26(27,28)29)32-22(33-23(19)31-14)16-7-15(2)35-20(8-16)17-9-30-34(10-17)18-4-5-18/h3,6,9-10,15-16,18,20H,4-5,7-8,11-13H2,1-2H3. The summed E-state index contributed by atoms with van der Waals surface area (Å²) < 4.78 is 49.1. The van der Waals surface area contributed by atoms with Gasteiger partial charge in [-0.1, -0.05) is 0 Å². The van der Waals surface area contributed by atoms with Crippen LogP contribution in [0.3, 0.4) is 0 Å². The first-order chi connectivity index (χ1) is 16.6. The third-order valence-electron chi connectivity index (χ3n) is 8.64. The number of aryl methyl sites for hydroxylation is 1. The lowest BCUT2D eigenvalue weighted by atomic mass is 9.33. The molecule has 35 heavy (non-hydrogen) atoms. The molecule has 0 radical (unpaired) electrons. The summed E-state index contributed by atoms with van der Waals surface area (Å²) in [7, 11) is 0. The van der Waals surface area contributed by atoms with Gasteiger partial charge in [-0.05, 0) is 70.9 Å². The number of ether oxygens (including phenoxy) is 1. The van der Waals surface area contributed by atoms with E-state index in [1.54, 1.807) is 0 Å². The lowest BCUT2D eigenvalue weighted by molar-refractivity contribution is -0.337. The maximum Gasteiger partial charge on any atom is 0.394 e. The van der Waals surface area contributed by atoms with E-state index in [2.05, 4.69) is 23.2 Å². The van der Waals surface area contributed by atoms with Crippen molar-refractivity contribution in [2.24, 2.45) is 5.41 Å². The summed E-state index contributed by atoms with van der Waals surface area (Å²) in [5, 5.41) is 5.32. The number of aromatic nitrogens is 5. The number of hydrogen-bond donors (Lipinski definition) is 0. The molecule has 2 bridgehead atoms. The van der Waals surface area contributed by atoms with E-state index in [9.17, 15) is 13.2 Å². The fourth-order valence-electron chi connectivity index (χ4n) is 6.68. The molecule has 3 atom stereocenters. The van der Waals surface area contributed by atoms with Crippen molar-refractivity contribution in [2.75, 3.05) is 0 Å². The van der Waals surface area contributed by atoms with Crippen molar-refractivity contribution in [1.82, 2.24) is 24.7 Å². The highest BCUT2D eigenvalue weighted by Crippen LogP contribution is 2.78. The second-order valence-corrected chi connectivity index (χ2v) is 11.4. The summed E-state index contributed by atoms with van der Waals surface area (Å²) in [4.78, 5) is 14.5. The van der Waals surface area contributed by atoms with Gasteiger partial charge in [-0.2, -0.15) is 18.3 Å². The number of nitrogens with zero attached hydrogens (tertiary/aromatic N) is 5. The van der Waals surface area contributed by atoms with Gasteiger partial charge in [0.1, 0.15) is 5.82 Å². The Morgan fingerprint density at radius 1 is 1.06 bits per heavy atom. The minimum absolute atomic E-state index is 0.0136.